The molecule has 1 aromatic rings. The van der Waals surface area contributed by atoms with Gasteiger partial charge in [-0.3, -0.25) is 4.79 Å². The van der Waals surface area contributed by atoms with Crippen LogP contribution >= 0.6 is 0 Å². The summed E-state index contributed by atoms with van der Waals surface area (Å²) < 4.78 is 10.7. The van der Waals surface area contributed by atoms with E-state index in [1.165, 1.54) is 7.11 Å². The second kappa shape index (κ2) is 8.67. The molecule has 0 fully saturated rings. The molecule has 1 atom stereocenters. The van der Waals surface area contributed by atoms with Crippen LogP contribution in [0, 0.1) is 6.92 Å². The Bertz CT molecular complexity index is 457. The highest BCUT2D eigenvalue weighted by molar-refractivity contribution is 5.75. The van der Waals surface area contributed by atoms with Crippen LogP contribution in [0.3, 0.4) is 0 Å². The zero-order valence-corrected chi connectivity index (χ0v) is 13.7. The number of methoxy groups -OCH3 is 1. The Morgan fingerprint density at radius 3 is 2.62 bits per heavy atom. The van der Waals surface area contributed by atoms with Crippen molar-refractivity contribution in [1.82, 2.24) is 5.32 Å². The molecule has 1 unspecified atom stereocenters. The summed E-state index contributed by atoms with van der Waals surface area (Å²) in [6.45, 7) is 9.38. The van der Waals surface area contributed by atoms with Gasteiger partial charge in [-0.1, -0.05) is 32.9 Å². The molecule has 21 heavy (non-hydrogen) atoms. The molecule has 1 rings (SSSR count). The monoisotopic (exact) mass is 293 g/mol. The van der Waals surface area contributed by atoms with Gasteiger partial charge in [0.25, 0.3) is 0 Å². The minimum absolute atomic E-state index is 0.274. The molecule has 0 aliphatic carbocycles. The predicted octanol–water partition coefficient (Wildman–Crippen LogP) is 3.04. The molecular weight excluding hydrogens is 266 g/mol. The molecule has 0 spiro atoms. The smallest absolute Gasteiger partial charge is 0.326 e. The normalized spacial score (nSPS) is 12.3. The van der Waals surface area contributed by atoms with E-state index in [-0.39, 0.29) is 12.6 Å². The Hall–Kier alpha value is -1.55. The van der Waals surface area contributed by atoms with Crippen molar-refractivity contribution in [2.24, 2.45) is 0 Å². The van der Waals surface area contributed by atoms with Gasteiger partial charge in [-0.25, -0.2) is 0 Å². The van der Waals surface area contributed by atoms with Crippen LogP contribution in [-0.2, 0) is 9.53 Å². The lowest BCUT2D eigenvalue weighted by atomic mass is 10.0. The second-order valence-corrected chi connectivity index (χ2v) is 5.54. The zero-order valence-electron chi connectivity index (χ0n) is 13.7. The lowest BCUT2D eigenvalue weighted by Gasteiger charge is -2.19. The van der Waals surface area contributed by atoms with Crippen molar-refractivity contribution in [3.63, 3.8) is 0 Å². The number of rotatable bonds is 8. The van der Waals surface area contributed by atoms with Gasteiger partial charge in [-0.15, -0.1) is 0 Å². The van der Waals surface area contributed by atoms with Crippen LogP contribution in [0.2, 0.25) is 0 Å². The van der Waals surface area contributed by atoms with Gasteiger partial charge in [0.2, 0.25) is 0 Å². The van der Waals surface area contributed by atoms with Crippen LogP contribution in [0.5, 0.6) is 5.75 Å². The van der Waals surface area contributed by atoms with E-state index in [2.05, 4.69) is 38.2 Å². The van der Waals surface area contributed by atoms with Gasteiger partial charge in [0, 0.05) is 0 Å². The third-order valence-corrected chi connectivity index (χ3v) is 3.32. The molecule has 0 radical (unpaired) electrons. The second-order valence-electron chi connectivity index (χ2n) is 5.54. The Balaban J connectivity index is 2.79. The van der Waals surface area contributed by atoms with E-state index in [0.717, 1.165) is 29.8 Å². The molecular formula is C17H27NO3. The van der Waals surface area contributed by atoms with Crippen molar-refractivity contribution >= 4 is 5.97 Å². The fourth-order valence-electron chi connectivity index (χ4n) is 2.09. The molecule has 4 heteroatoms. The number of carbonyl (C=O) groups is 1. The third kappa shape index (κ3) is 5.38. The van der Waals surface area contributed by atoms with Crippen molar-refractivity contribution in [1.29, 1.82) is 0 Å². The number of benzene rings is 1. The maximum atomic E-state index is 11.8. The minimum atomic E-state index is -0.435. The highest BCUT2D eigenvalue weighted by Crippen LogP contribution is 2.27. The fourth-order valence-corrected chi connectivity index (χ4v) is 2.09. The van der Waals surface area contributed by atoms with Crippen molar-refractivity contribution < 1.29 is 14.3 Å². The van der Waals surface area contributed by atoms with Crippen LogP contribution in [0.1, 0.15) is 44.2 Å². The molecule has 118 valence electrons. The summed E-state index contributed by atoms with van der Waals surface area (Å²) in [5.74, 6) is 0.931. The van der Waals surface area contributed by atoms with Crippen LogP contribution in [-0.4, -0.2) is 32.3 Å². The van der Waals surface area contributed by atoms with Crippen molar-refractivity contribution in [3.05, 3.63) is 29.3 Å². The van der Waals surface area contributed by atoms with E-state index in [1.807, 2.05) is 13.0 Å². The van der Waals surface area contributed by atoms with Gasteiger partial charge < -0.3 is 14.8 Å². The maximum absolute atomic E-state index is 11.8. The molecule has 1 N–H and O–H groups in total. The van der Waals surface area contributed by atoms with E-state index in [0.29, 0.717) is 5.92 Å². The van der Waals surface area contributed by atoms with Crippen LogP contribution in [0.15, 0.2) is 18.2 Å². The lowest BCUT2D eigenvalue weighted by Crippen LogP contribution is -2.42. The average Bonchev–Trinajstić information content (AvgIpc) is 2.46. The van der Waals surface area contributed by atoms with E-state index >= 15 is 0 Å². The summed E-state index contributed by atoms with van der Waals surface area (Å²) in [4.78, 5) is 11.8. The largest absolute Gasteiger partial charge is 0.491 e. The van der Waals surface area contributed by atoms with E-state index in [1.54, 1.807) is 0 Å². The number of aryl methyl sites for hydroxylation is 1. The first kappa shape index (κ1) is 17.5. The first-order chi connectivity index (χ1) is 9.99. The van der Waals surface area contributed by atoms with Gasteiger partial charge in [0.1, 0.15) is 18.4 Å². The quantitative estimate of drug-likeness (QED) is 0.748. The average molecular weight is 293 g/mol. The van der Waals surface area contributed by atoms with Gasteiger partial charge in [-0.05, 0) is 43.0 Å². The standard InChI is InChI=1S/C17H27NO3/c1-6-9-18-15(17(19)20-5)11-21-16-10-13(4)7-8-14(16)12(2)3/h7-8,10,12,15,18H,6,9,11H2,1-5H3. The van der Waals surface area contributed by atoms with Crippen molar-refractivity contribution in [2.75, 3.05) is 20.3 Å². The summed E-state index contributed by atoms with van der Waals surface area (Å²) in [6, 6.07) is 5.75. The van der Waals surface area contributed by atoms with Crippen LogP contribution < -0.4 is 10.1 Å². The number of ether oxygens (including phenoxy) is 2. The molecule has 4 nitrogen and oxygen atoms in total. The van der Waals surface area contributed by atoms with Gasteiger partial charge in [0.15, 0.2) is 0 Å². The maximum Gasteiger partial charge on any atom is 0.326 e. The molecule has 0 heterocycles. The van der Waals surface area contributed by atoms with Crippen molar-refractivity contribution in [2.45, 2.75) is 46.1 Å². The number of carbonyl (C=O) groups excluding carboxylic acids is 1. The van der Waals surface area contributed by atoms with Crippen molar-refractivity contribution in [3.8, 4) is 5.75 Å². The van der Waals surface area contributed by atoms with Crippen LogP contribution in [0.4, 0.5) is 0 Å². The highest BCUT2D eigenvalue weighted by Gasteiger charge is 2.20. The molecule has 0 aromatic heterocycles. The zero-order chi connectivity index (χ0) is 15.8. The first-order valence-electron chi connectivity index (χ1n) is 7.54. The minimum Gasteiger partial charge on any atom is -0.491 e. The third-order valence-electron chi connectivity index (χ3n) is 3.32. The van der Waals surface area contributed by atoms with Crippen LogP contribution in [0.25, 0.3) is 0 Å². The summed E-state index contributed by atoms with van der Waals surface area (Å²) in [6.07, 6.45) is 0.954. The summed E-state index contributed by atoms with van der Waals surface area (Å²) in [7, 11) is 1.40. The number of nitrogens with one attached hydrogen (secondary N) is 1. The Morgan fingerprint density at radius 1 is 1.33 bits per heavy atom. The van der Waals surface area contributed by atoms with Gasteiger partial charge in [0.05, 0.1) is 7.11 Å². The number of esters is 1. The predicted molar refractivity (Wildman–Crippen MR) is 84.9 cm³/mol. The first-order valence-corrected chi connectivity index (χ1v) is 7.54. The molecule has 0 bridgehead atoms. The molecule has 0 amide bonds. The fraction of sp³-hybridized carbons (Fsp3) is 0.588. The molecule has 0 saturated heterocycles. The van der Waals surface area contributed by atoms with Gasteiger partial charge >= 0.3 is 5.97 Å². The van der Waals surface area contributed by atoms with Gasteiger partial charge in [-0.2, -0.15) is 0 Å². The molecule has 1 aromatic carbocycles. The van der Waals surface area contributed by atoms with E-state index in [9.17, 15) is 4.79 Å². The Morgan fingerprint density at radius 2 is 2.05 bits per heavy atom. The topological polar surface area (TPSA) is 47.6 Å². The molecule has 0 aliphatic heterocycles. The SMILES string of the molecule is CCCNC(COc1cc(C)ccc1C(C)C)C(=O)OC. The molecule has 0 aliphatic rings. The van der Waals surface area contributed by atoms with E-state index in [4.69, 9.17) is 9.47 Å². The number of hydrogen-bond acceptors (Lipinski definition) is 4. The summed E-state index contributed by atoms with van der Waals surface area (Å²) in [5, 5.41) is 3.15. The summed E-state index contributed by atoms with van der Waals surface area (Å²) >= 11 is 0. The Labute approximate surface area is 127 Å². The summed E-state index contributed by atoms with van der Waals surface area (Å²) in [5.41, 5.74) is 2.30. The lowest BCUT2D eigenvalue weighted by molar-refractivity contribution is -0.143. The molecule has 0 saturated carbocycles. The highest BCUT2D eigenvalue weighted by atomic mass is 16.5. The number of hydrogen-bond donors (Lipinski definition) is 1. The van der Waals surface area contributed by atoms with E-state index < -0.39 is 6.04 Å². The Kier molecular flexibility index (Phi) is 7.23.